The van der Waals surface area contributed by atoms with E-state index in [0.29, 0.717) is 5.69 Å². The van der Waals surface area contributed by atoms with E-state index < -0.39 is 23.5 Å². The number of amides is 2. The van der Waals surface area contributed by atoms with Crippen molar-refractivity contribution in [1.29, 1.82) is 0 Å². The van der Waals surface area contributed by atoms with Crippen molar-refractivity contribution in [3.05, 3.63) is 58.9 Å². The maximum atomic E-state index is 13.1. The van der Waals surface area contributed by atoms with Gasteiger partial charge in [-0.25, -0.2) is 18.0 Å². The average Bonchev–Trinajstić information content (AvgIpc) is 2.52. The molecule has 23 heavy (non-hydrogen) atoms. The molecule has 0 bridgehead atoms. The second kappa shape index (κ2) is 6.29. The predicted octanol–water partition coefficient (Wildman–Crippen LogP) is 3.39. The molecule has 1 heterocycles. The molecule has 3 N–H and O–H groups in total. The Morgan fingerprint density at radius 3 is 2.39 bits per heavy atom. The lowest BCUT2D eigenvalue weighted by Crippen LogP contribution is -2.24. The first-order valence-electron chi connectivity index (χ1n) is 7.08. The minimum Gasteiger partial charge on any atom is -0.312 e. The van der Waals surface area contributed by atoms with E-state index in [1.165, 1.54) is 5.56 Å². The zero-order valence-corrected chi connectivity index (χ0v) is 12.1. The molecule has 0 spiro atoms. The molecule has 0 saturated heterocycles. The monoisotopic (exact) mass is 321 g/mol. The van der Waals surface area contributed by atoms with Crippen molar-refractivity contribution in [3.8, 4) is 0 Å². The van der Waals surface area contributed by atoms with Crippen molar-refractivity contribution in [1.82, 2.24) is 5.32 Å². The summed E-state index contributed by atoms with van der Waals surface area (Å²) in [6.07, 6.45) is 0.862. The maximum Gasteiger partial charge on any atom is 0.323 e. The Labute approximate surface area is 130 Å². The van der Waals surface area contributed by atoms with Gasteiger partial charge in [-0.3, -0.25) is 0 Å². The van der Waals surface area contributed by atoms with Gasteiger partial charge in [0.1, 0.15) is 0 Å². The van der Waals surface area contributed by atoms with Crippen molar-refractivity contribution < 1.29 is 18.0 Å². The van der Waals surface area contributed by atoms with E-state index in [-0.39, 0.29) is 5.69 Å². The van der Waals surface area contributed by atoms with Gasteiger partial charge in [-0.05, 0) is 36.2 Å². The third-order valence-corrected chi connectivity index (χ3v) is 3.59. The van der Waals surface area contributed by atoms with Crippen LogP contribution in [0, 0.1) is 17.5 Å². The molecular formula is C16H14F3N3O. The van der Waals surface area contributed by atoms with Gasteiger partial charge < -0.3 is 16.0 Å². The van der Waals surface area contributed by atoms with Gasteiger partial charge in [0.15, 0.2) is 17.5 Å². The van der Waals surface area contributed by atoms with Crippen LogP contribution in [0.15, 0.2) is 30.3 Å². The number of benzene rings is 2. The van der Waals surface area contributed by atoms with Crippen molar-refractivity contribution in [3.63, 3.8) is 0 Å². The Bertz CT molecular complexity index is 741. The summed E-state index contributed by atoms with van der Waals surface area (Å²) >= 11 is 0. The Balaban J connectivity index is 1.70. The number of hydrogen-bond donors (Lipinski definition) is 3. The molecule has 1 aliphatic rings. The van der Waals surface area contributed by atoms with Crippen LogP contribution in [0.3, 0.4) is 0 Å². The first kappa shape index (κ1) is 15.4. The second-order valence-corrected chi connectivity index (χ2v) is 5.24. The molecule has 3 rings (SSSR count). The fraction of sp³-hybridized carbons (Fsp3) is 0.188. The van der Waals surface area contributed by atoms with Crippen molar-refractivity contribution >= 4 is 17.4 Å². The molecule has 1 aliphatic heterocycles. The lowest BCUT2D eigenvalue weighted by molar-refractivity contribution is 0.262. The van der Waals surface area contributed by atoms with Crippen molar-refractivity contribution in [2.24, 2.45) is 0 Å². The number of carbonyl (C=O) groups is 1. The van der Waals surface area contributed by atoms with Gasteiger partial charge in [0.05, 0.1) is 0 Å². The van der Waals surface area contributed by atoms with E-state index in [2.05, 4.69) is 16.0 Å². The number of fused-ring (bicyclic) bond motifs is 1. The van der Waals surface area contributed by atoms with Crippen LogP contribution in [0.2, 0.25) is 0 Å². The molecule has 120 valence electrons. The van der Waals surface area contributed by atoms with E-state index in [1.807, 2.05) is 12.1 Å². The summed E-state index contributed by atoms with van der Waals surface area (Å²) in [5.74, 6) is -4.29. The molecule has 0 aromatic heterocycles. The van der Waals surface area contributed by atoms with Crippen LogP contribution in [0.25, 0.3) is 0 Å². The SMILES string of the molecule is O=C(Nc1cc(F)c(F)c(F)c1)Nc1ccc2c(c1)CCNC2. The normalized spacial score (nSPS) is 13.3. The Hall–Kier alpha value is -2.54. The van der Waals surface area contributed by atoms with Gasteiger partial charge in [0, 0.05) is 30.1 Å². The molecule has 0 unspecified atom stereocenters. The van der Waals surface area contributed by atoms with E-state index in [0.717, 1.165) is 37.2 Å². The van der Waals surface area contributed by atoms with Crippen molar-refractivity contribution in [2.45, 2.75) is 13.0 Å². The molecule has 7 heteroatoms. The van der Waals surface area contributed by atoms with Gasteiger partial charge in [-0.1, -0.05) is 6.07 Å². The van der Waals surface area contributed by atoms with Gasteiger partial charge in [-0.15, -0.1) is 0 Å². The molecule has 0 aliphatic carbocycles. The third-order valence-electron chi connectivity index (χ3n) is 3.59. The number of urea groups is 1. The number of carbonyl (C=O) groups excluding carboxylic acids is 1. The zero-order chi connectivity index (χ0) is 16.4. The Morgan fingerprint density at radius 1 is 0.957 bits per heavy atom. The van der Waals surface area contributed by atoms with Crippen LogP contribution in [0.4, 0.5) is 29.3 Å². The number of hydrogen-bond acceptors (Lipinski definition) is 2. The highest BCUT2D eigenvalue weighted by molar-refractivity contribution is 5.99. The standard InChI is InChI=1S/C16H14F3N3O/c17-13-6-12(7-14(18)15(13)19)22-16(23)21-11-2-1-10-8-20-4-3-9(10)5-11/h1-2,5-7,20H,3-4,8H2,(H2,21,22,23). The Morgan fingerprint density at radius 2 is 1.65 bits per heavy atom. The molecule has 2 amide bonds. The first-order valence-corrected chi connectivity index (χ1v) is 7.08. The summed E-state index contributed by atoms with van der Waals surface area (Å²) in [7, 11) is 0. The fourth-order valence-corrected chi connectivity index (χ4v) is 2.48. The number of anilines is 2. The minimum atomic E-state index is -1.57. The van der Waals surface area contributed by atoms with E-state index in [4.69, 9.17) is 0 Å². The van der Waals surface area contributed by atoms with Gasteiger partial charge in [-0.2, -0.15) is 0 Å². The number of halogens is 3. The highest BCUT2D eigenvalue weighted by Gasteiger charge is 2.13. The highest BCUT2D eigenvalue weighted by atomic mass is 19.2. The third kappa shape index (κ3) is 3.45. The average molecular weight is 321 g/mol. The summed E-state index contributed by atoms with van der Waals surface area (Å²) in [4.78, 5) is 11.9. The summed E-state index contributed by atoms with van der Waals surface area (Å²) < 4.78 is 39.1. The molecule has 0 radical (unpaired) electrons. The smallest absolute Gasteiger partial charge is 0.312 e. The van der Waals surface area contributed by atoms with Crippen LogP contribution in [-0.4, -0.2) is 12.6 Å². The quantitative estimate of drug-likeness (QED) is 0.743. The molecule has 2 aromatic rings. The Kier molecular flexibility index (Phi) is 4.20. The largest absolute Gasteiger partial charge is 0.323 e. The van der Waals surface area contributed by atoms with Crippen LogP contribution >= 0.6 is 0 Å². The summed E-state index contributed by atoms with van der Waals surface area (Å²) in [5, 5.41) is 8.10. The maximum absolute atomic E-state index is 13.1. The molecule has 2 aromatic carbocycles. The summed E-state index contributed by atoms with van der Waals surface area (Å²) in [6.45, 7) is 1.66. The van der Waals surface area contributed by atoms with Gasteiger partial charge in [0.2, 0.25) is 0 Å². The van der Waals surface area contributed by atoms with Crippen LogP contribution in [0.1, 0.15) is 11.1 Å². The van der Waals surface area contributed by atoms with E-state index in [1.54, 1.807) is 6.07 Å². The van der Waals surface area contributed by atoms with Crippen LogP contribution < -0.4 is 16.0 Å². The van der Waals surface area contributed by atoms with E-state index >= 15 is 0 Å². The number of rotatable bonds is 2. The summed E-state index contributed by atoms with van der Waals surface area (Å²) in [6, 6.07) is 6.30. The van der Waals surface area contributed by atoms with Crippen molar-refractivity contribution in [2.75, 3.05) is 17.2 Å². The van der Waals surface area contributed by atoms with E-state index in [9.17, 15) is 18.0 Å². The lowest BCUT2D eigenvalue weighted by atomic mass is 10.0. The molecule has 0 saturated carbocycles. The molecule has 0 atom stereocenters. The van der Waals surface area contributed by atoms with Crippen LogP contribution in [-0.2, 0) is 13.0 Å². The number of nitrogens with one attached hydrogen (secondary N) is 3. The predicted molar refractivity (Wildman–Crippen MR) is 80.8 cm³/mol. The molecular weight excluding hydrogens is 307 g/mol. The molecule has 4 nitrogen and oxygen atoms in total. The lowest BCUT2D eigenvalue weighted by Gasteiger charge is -2.18. The fourth-order valence-electron chi connectivity index (χ4n) is 2.48. The highest BCUT2D eigenvalue weighted by Crippen LogP contribution is 2.20. The second-order valence-electron chi connectivity index (χ2n) is 5.24. The van der Waals surface area contributed by atoms with Gasteiger partial charge in [0.25, 0.3) is 0 Å². The van der Waals surface area contributed by atoms with Gasteiger partial charge >= 0.3 is 6.03 Å². The molecule has 0 fully saturated rings. The minimum absolute atomic E-state index is 0.166. The summed E-state index contributed by atoms with van der Waals surface area (Å²) in [5.41, 5.74) is 2.72. The topological polar surface area (TPSA) is 53.2 Å². The zero-order valence-electron chi connectivity index (χ0n) is 12.1. The first-order chi connectivity index (χ1) is 11.0. The van der Waals surface area contributed by atoms with Crippen LogP contribution in [0.5, 0.6) is 0 Å².